The maximum Gasteiger partial charge on any atom is 0.243 e. The van der Waals surface area contributed by atoms with E-state index >= 15 is 0 Å². The summed E-state index contributed by atoms with van der Waals surface area (Å²) in [5, 5.41) is 18.3. The van der Waals surface area contributed by atoms with Crippen molar-refractivity contribution in [1.82, 2.24) is 4.31 Å². The molecule has 21 heavy (non-hydrogen) atoms. The number of rotatable bonds is 9. The van der Waals surface area contributed by atoms with Crippen molar-refractivity contribution in [2.24, 2.45) is 0 Å². The summed E-state index contributed by atoms with van der Waals surface area (Å²) in [6, 6.07) is 4.33. The minimum atomic E-state index is -3.75. The predicted octanol–water partition coefficient (Wildman–Crippen LogP) is 0.747. The number of benzene rings is 1. The van der Waals surface area contributed by atoms with Crippen LogP contribution in [0.3, 0.4) is 0 Å². The summed E-state index contributed by atoms with van der Waals surface area (Å²) in [6.07, 6.45) is 1.45. The third kappa shape index (κ3) is 4.28. The van der Waals surface area contributed by atoms with Crippen LogP contribution in [0.1, 0.15) is 12.5 Å². The zero-order chi connectivity index (χ0) is 15.9. The molecule has 0 fully saturated rings. The summed E-state index contributed by atoms with van der Waals surface area (Å²) in [6.45, 7) is 5.23. The van der Waals surface area contributed by atoms with E-state index in [-0.39, 0.29) is 31.2 Å². The number of hydrogen-bond acceptors (Lipinski definition) is 5. The summed E-state index contributed by atoms with van der Waals surface area (Å²) in [7, 11) is -3.75. The van der Waals surface area contributed by atoms with E-state index in [1.165, 1.54) is 24.3 Å². The fraction of sp³-hybridized carbons (Fsp3) is 0.429. The Hall–Kier alpha value is -1.41. The van der Waals surface area contributed by atoms with Crippen molar-refractivity contribution in [2.45, 2.75) is 18.4 Å². The van der Waals surface area contributed by atoms with Crippen molar-refractivity contribution >= 4 is 10.0 Å². The number of aliphatic hydroxyl groups excluding tert-OH is 2. The molecule has 0 heterocycles. The largest absolute Gasteiger partial charge is 0.494 e. The quantitative estimate of drug-likeness (QED) is 0.657. The number of aliphatic hydroxyl groups is 2. The highest BCUT2D eigenvalue weighted by atomic mass is 32.2. The summed E-state index contributed by atoms with van der Waals surface area (Å²) in [5.74, 6) is 0.455. The van der Waals surface area contributed by atoms with Crippen LogP contribution < -0.4 is 4.74 Å². The van der Waals surface area contributed by atoms with Gasteiger partial charge in [-0.25, -0.2) is 8.42 Å². The van der Waals surface area contributed by atoms with Crippen LogP contribution >= 0.6 is 0 Å². The Balaban J connectivity index is 3.20. The van der Waals surface area contributed by atoms with E-state index in [4.69, 9.17) is 9.84 Å². The molecule has 0 saturated heterocycles. The molecular weight excluding hydrogens is 294 g/mol. The van der Waals surface area contributed by atoms with E-state index in [0.717, 1.165) is 4.31 Å². The first-order valence-corrected chi connectivity index (χ1v) is 8.03. The van der Waals surface area contributed by atoms with Gasteiger partial charge in [-0.05, 0) is 25.1 Å². The van der Waals surface area contributed by atoms with Gasteiger partial charge in [0.2, 0.25) is 10.0 Å². The standard InChI is InChI=1S/C14H21NO5S/c1-3-7-15(8-9-16)21(18,19)13-5-6-14(20-4-2)12(10-13)11-17/h3,5-6,10,16-17H,1,4,7-9,11H2,2H3. The van der Waals surface area contributed by atoms with Gasteiger partial charge in [-0.2, -0.15) is 4.31 Å². The molecule has 6 nitrogen and oxygen atoms in total. The Bertz CT molecular complexity index is 571. The summed E-state index contributed by atoms with van der Waals surface area (Å²) in [4.78, 5) is 0.0466. The number of ether oxygens (including phenoxy) is 1. The first-order chi connectivity index (χ1) is 10.0. The second-order valence-electron chi connectivity index (χ2n) is 4.24. The molecule has 118 valence electrons. The van der Waals surface area contributed by atoms with Gasteiger partial charge in [-0.15, -0.1) is 6.58 Å². The van der Waals surface area contributed by atoms with Gasteiger partial charge in [-0.1, -0.05) is 6.08 Å². The van der Waals surface area contributed by atoms with Crippen LogP contribution in [0.5, 0.6) is 5.75 Å². The van der Waals surface area contributed by atoms with Gasteiger partial charge in [0.15, 0.2) is 0 Å². The smallest absolute Gasteiger partial charge is 0.243 e. The molecule has 0 bridgehead atoms. The van der Waals surface area contributed by atoms with Crippen molar-refractivity contribution in [3.63, 3.8) is 0 Å². The van der Waals surface area contributed by atoms with Crippen molar-refractivity contribution in [1.29, 1.82) is 0 Å². The highest BCUT2D eigenvalue weighted by Crippen LogP contribution is 2.24. The predicted molar refractivity (Wildman–Crippen MR) is 79.6 cm³/mol. The maximum atomic E-state index is 12.5. The molecule has 0 saturated carbocycles. The third-order valence-electron chi connectivity index (χ3n) is 2.82. The lowest BCUT2D eigenvalue weighted by molar-refractivity contribution is 0.259. The van der Waals surface area contributed by atoms with Gasteiger partial charge in [0, 0.05) is 18.7 Å². The lowest BCUT2D eigenvalue weighted by Crippen LogP contribution is -2.33. The average Bonchev–Trinajstić information content (AvgIpc) is 2.47. The molecule has 0 aliphatic carbocycles. The monoisotopic (exact) mass is 315 g/mol. The lowest BCUT2D eigenvalue weighted by atomic mass is 10.2. The third-order valence-corrected chi connectivity index (χ3v) is 4.68. The van der Waals surface area contributed by atoms with E-state index in [9.17, 15) is 13.5 Å². The first kappa shape index (κ1) is 17.6. The number of hydrogen-bond donors (Lipinski definition) is 2. The van der Waals surface area contributed by atoms with Gasteiger partial charge in [0.05, 0.1) is 24.7 Å². The molecule has 2 N–H and O–H groups in total. The Labute approximate surface area is 125 Å². The molecule has 0 radical (unpaired) electrons. The van der Waals surface area contributed by atoms with E-state index in [1.54, 1.807) is 6.92 Å². The molecule has 1 aromatic carbocycles. The van der Waals surface area contributed by atoms with Gasteiger partial charge in [0.25, 0.3) is 0 Å². The topological polar surface area (TPSA) is 87.1 Å². The van der Waals surface area contributed by atoms with Crippen LogP contribution in [-0.2, 0) is 16.6 Å². The second kappa shape index (κ2) is 8.14. The number of nitrogens with zero attached hydrogens (tertiary/aromatic N) is 1. The molecule has 0 aliphatic heterocycles. The van der Waals surface area contributed by atoms with Crippen LogP contribution in [0, 0.1) is 0 Å². The van der Waals surface area contributed by atoms with E-state index < -0.39 is 10.0 Å². The fourth-order valence-corrected chi connectivity index (χ4v) is 3.30. The normalized spacial score (nSPS) is 11.6. The number of sulfonamides is 1. The summed E-state index contributed by atoms with van der Waals surface area (Å²) >= 11 is 0. The van der Waals surface area contributed by atoms with E-state index in [1.807, 2.05) is 0 Å². The SMILES string of the molecule is C=CCN(CCO)S(=O)(=O)c1ccc(OCC)c(CO)c1. The molecule has 7 heteroatoms. The van der Waals surface area contributed by atoms with Crippen molar-refractivity contribution in [3.05, 3.63) is 36.4 Å². The molecule has 0 amide bonds. The Kier molecular flexibility index (Phi) is 6.83. The zero-order valence-corrected chi connectivity index (χ0v) is 12.8. The molecule has 0 atom stereocenters. The molecular formula is C14H21NO5S. The molecule has 1 rings (SSSR count). The van der Waals surface area contributed by atoms with Gasteiger partial charge >= 0.3 is 0 Å². The summed E-state index contributed by atoms with van der Waals surface area (Å²) < 4.78 is 31.4. The van der Waals surface area contributed by atoms with Crippen molar-refractivity contribution < 1.29 is 23.4 Å². The van der Waals surface area contributed by atoms with Crippen LogP contribution in [0.25, 0.3) is 0 Å². The van der Waals surface area contributed by atoms with E-state index in [0.29, 0.717) is 17.9 Å². The van der Waals surface area contributed by atoms with Gasteiger partial charge < -0.3 is 14.9 Å². The Morgan fingerprint density at radius 2 is 2.10 bits per heavy atom. The summed E-state index contributed by atoms with van der Waals surface area (Å²) in [5.41, 5.74) is 0.403. The fourth-order valence-electron chi connectivity index (χ4n) is 1.85. The minimum absolute atomic E-state index is 0.0178. The van der Waals surface area contributed by atoms with Crippen molar-refractivity contribution in [2.75, 3.05) is 26.3 Å². The lowest BCUT2D eigenvalue weighted by Gasteiger charge is -2.20. The zero-order valence-electron chi connectivity index (χ0n) is 12.0. The second-order valence-corrected chi connectivity index (χ2v) is 6.17. The van der Waals surface area contributed by atoms with Crippen LogP contribution in [0.4, 0.5) is 0 Å². The molecule has 0 aromatic heterocycles. The molecule has 0 unspecified atom stereocenters. The molecule has 1 aromatic rings. The molecule has 0 aliphatic rings. The van der Waals surface area contributed by atoms with Crippen molar-refractivity contribution in [3.8, 4) is 5.75 Å². The highest BCUT2D eigenvalue weighted by Gasteiger charge is 2.24. The highest BCUT2D eigenvalue weighted by molar-refractivity contribution is 7.89. The van der Waals surface area contributed by atoms with Gasteiger partial charge in [-0.3, -0.25) is 0 Å². The van der Waals surface area contributed by atoms with Gasteiger partial charge in [0.1, 0.15) is 5.75 Å². The van der Waals surface area contributed by atoms with Crippen LogP contribution in [-0.4, -0.2) is 49.2 Å². The van der Waals surface area contributed by atoms with Crippen LogP contribution in [0.15, 0.2) is 35.7 Å². The Morgan fingerprint density at radius 1 is 1.38 bits per heavy atom. The first-order valence-electron chi connectivity index (χ1n) is 6.59. The molecule has 0 spiro atoms. The minimum Gasteiger partial charge on any atom is -0.494 e. The maximum absolute atomic E-state index is 12.5. The Morgan fingerprint density at radius 3 is 2.62 bits per heavy atom. The average molecular weight is 315 g/mol. The van der Waals surface area contributed by atoms with Crippen LogP contribution in [0.2, 0.25) is 0 Å². The van der Waals surface area contributed by atoms with E-state index in [2.05, 4.69) is 6.58 Å².